The van der Waals surface area contributed by atoms with Crippen LogP contribution in [0, 0.1) is 0 Å². The van der Waals surface area contributed by atoms with Gasteiger partial charge in [0.2, 0.25) is 5.91 Å². The van der Waals surface area contributed by atoms with Crippen LogP contribution in [0.3, 0.4) is 0 Å². The highest BCUT2D eigenvalue weighted by atomic mass is 16.5. The number of nitrogens with one attached hydrogen (secondary N) is 1. The number of hydrogen-bond donors (Lipinski definition) is 1. The Bertz CT molecular complexity index is 211. The molecule has 5 nitrogen and oxygen atoms in total. The van der Waals surface area contributed by atoms with Crippen LogP contribution in [-0.4, -0.2) is 57.0 Å². The molecular formula is C11H22N2O3. The molecule has 0 aromatic rings. The molecule has 0 bridgehead atoms. The van der Waals surface area contributed by atoms with Gasteiger partial charge in [0.1, 0.15) is 0 Å². The van der Waals surface area contributed by atoms with E-state index in [1.54, 1.807) is 7.11 Å². The van der Waals surface area contributed by atoms with Gasteiger partial charge in [-0.25, -0.2) is 0 Å². The Kier molecular flexibility index (Phi) is 6.37. The van der Waals surface area contributed by atoms with E-state index in [4.69, 9.17) is 9.47 Å². The molecule has 0 saturated carbocycles. The van der Waals surface area contributed by atoms with Crippen LogP contribution in [0.5, 0.6) is 0 Å². The van der Waals surface area contributed by atoms with Gasteiger partial charge in [-0.2, -0.15) is 0 Å². The highest BCUT2D eigenvalue weighted by Crippen LogP contribution is 2.09. The van der Waals surface area contributed by atoms with Gasteiger partial charge >= 0.3 is 0 Å². The maximum Gasteiger partial charge on any atom is 0.237 e. The summed E-state index contributed by atoms with van der Waals surface area (Å²) in [5.41, 5.74) is 0. The molecule has 0 spiro atoms. The summed E-state index contributed by atoms with van der Waals surface area (Å²) in [6.07, 6.45) is 2.28. The van der Waals surface area contributed by atoms with Crippen LogP contribution in [0.2, 0.25) is 0 Å². The molecule has 0 radical (unpaired) electrons. The Labute approximate surface area is 97.1 Å². The quantitative estimate of drug-likeness (QED) is 0.606. The van der Waals surface area contributed by atoms with Gasteiger partial charge in [0.15, 0.2) is 0 Å². The summed E-state index contributed by atoms with van der Waals surface area (Å²) in [5, 5.41) is 3.21. The molecule has 1 unspecified atom stereocenters. The molecule has 94 valence electrons. The lowest BCUT2D eigenvalue weighted by atomic mass is 10.2. The van der Waals surface area contributed by atoms with Crippen molar-refractivity contribution < 1.29 is 14.3 Å². The van der Waals surface area contributed by atoms with E-state index in [0.717, 1.165) is 12.8 Å². The van der Waals surface area contributed by atoms with Gasteiger partial charge in [-0.05, 0) is 6.42 Å². The number of methoxy groups -OCH3 is 1. The summed E-state index contributed by atoms with van der Waals surface area (Å²) in [5.74, 6) is 0.175. The Balaban J connectivity index is 2.19. The molecule has 1 N–H and O–H groups in total. The topological polar surface area (TPSA) is 50.8 Å². The van der Waals surface area contributed by atoms with Crippen molar-refractivity contribution in [1.29, 1.82) is 0 Å². The van der Waals surface area contributed by atoms with Gasteiger partial charge in [0.05, 0.1) is 32.5 Å². The fraction of sp³-hybridized carbons (Fsp3) is 0.909. The smallest absolute Gasteiger partial charge is 0.237 e. The Morgan fingerprint density at radius 1 is 1.44 bits per heavy atom. The molecule has 0 aromatic heterocycles. The van der Waals surface area contributed by atoms with Gasteiger partial charge in [0.25, 0.3) is 0 Å². The first-order valence-corrected chi connectivity index (χ1v) is 5.89. The third-order valence-corrected chi connectivity index (χ3v) is 2.66. The van der Waals surface area contributed by atoms with E-state index in [1.165, 1.54) is 0 Å². The van der Waals surface area contributed by atoms with Crippen molar-refractivity contribution in [2.45, 2.75) is 25.9 Å². The van der Waals surface area contributed by atoms with Crippen molar-refractivity contribution in [2.24, 2.45) is 0 Å². The SMILES string of the molecule is CCCC1NCC(=O)N1CCOCCOC. The Morgan fingerprint density at radius 3 is 2.94 bits per heavy atom. The number of ether oxygens (including phenoxy) is 2. The van der Waals surface area contributed by atoms with Crippen LogP contribution >= 0.6 is 0 Å². The third kappa shape index (κ3) is 4.08. The number of hydrogen-bond acceptors (Lipinski definition) is 4. The Hall–Kier alpha value is -0.650. The summed E-state index contributed by atoms with van der Waals surface area (Å²) in [6.45, 7) is 5.02. The molecule has 1 aliphatic rings. The molecule has 1 fully saturated rings. The molecule has 0 aliphatic carbocycles. The van der Waals surface area contributed by atoms with Crippen LogP contribution in [0.1, 0.15) is 19.8 Å². The fourth-order valence-electron chi connectivity index (χ4n) is 1.81. The van der Waals surface area contributed by atoms with Gasteiger partial charge in [-0.1, -0.05) is 13.3 Å². The second-order valence-corrected chi connectivity index (χ2v) is 3.88. The minimum Gasteiger partial charge on any atom is -0.382 e. The summed E-state index contributed by atoms with van der Waals surface area (Å²) < 4.78 is 10.2. The van der Waals surface area contributed by atoms with E-state index in [9.17, 15) is 4.79 Å². The third-order valence-electron chi connectivity index (χ3n) is 2.66. The summed E-state index contributed by atoms with van der Waals surface area (Å²) >= 11 is 0. The van der Waals surface area contributed by atoms with E-state index in [2.05, 4.69) is 12.2 Å². The number of rotatable bonds is 8. The van der Waals surface area contributed by atoms with Crippen LogP contribution in [0.15, 0.2) is 0 Å². The van der Waals surface area contributed by atoms with Crippen LogP contribution < -0.4 is 5.32 Å². The number of amides is 1. The van der Waals surface area contributed by atoms with Crippen molar-refractivity contribution in [2.75, 3.05) is 40.0 Å². The molecule has 0 aromatic carbocycles. The van der Waals surface area contributed by atoms with Crippen molar-refractivity contribution in [3.63, 3.8) is 0 Å². The van der Waals surface area contributed by atoms with Gasteiger partial charge < -0.3 is 14.4 Å². The summed E-state index contributed by atoms with van der Waals surface area (Å²) in [4.78, 5) is 13.4. The van der Waals surface area contributed by atoms with Gasteiger partial charge in [-0.3, -0.25) is 10.1 Å². The van der Waals surface area contributed by atoms with Crippen molar-refractivity contribution >= 4 is 5.91 Å². The van der Waals surface area contributed by atoms with Crippen molar-refractivity contribution in [3.05, 3.63) is 0 Å². The zero-order chi connectivity index (χ0) is 11.8. The maximum absolute atomic E-state index is 11.6. The van der Waals surface area contributed by atoms with E-state index in [0.29, 0.717) is 32.9 Å². The second kappa shape index (κ2) is 7.60. The largest absolute Gasteiger partial charge is 0.382 e. The molecule has 16 heavy (non-hydrogen) atoms. The average Bonchev–Trinajstić information content (AvgIpc) is 2.61. The normalized spacial score (nSPS) is 20.8. The van der Waals surface area contributed by atoms with Gasteiger partial charge in [0, 0.05) is 13.7 Å². The average molecular weight is 230 g/mol. The number of nitrogens with zero attached hydrogens (tertiary/aromatic N) is 1. The monoisotopic (exact) mass is 230 g/mol. The highest BCUT2D eigenvalue weighted by molar-refractivity contribution is 5.80. The lowest BCUT2D eigenvalue weighted by Crippen LogP contribution is -2.39. The standard InChI is InChI=1S/C11H22N2O3/c1-3-4-10-12-9-11(14)13(10)5-6-16-8-7-15-2/h10,12H,3-9H2,1-2H3. The number of carbonyl (C=O) groups excluding carboxylic acids is 1. The van der Waals surface area contributed by atoms with E-state index >= 15 is 0 Å². The molecule has 5 heteroatoms. The minimum absolute atomic E-state index is 0.175. The summed E-state index contributed by atoms with van der Waals surface area (Å²) in [6, 6.07) is 0. The Morgan fingerprint density at radius 2 is 2.25 bits per heavy atom. The lowest BCUT2D eigenvalue weighted by molar-refractivity contribution is -0.128. The highest BCUT2D eigenvalue weighted by Gasteiger charge is 2.28. The van der Waals surface area contributed by atoms with E-state index in [1.807, 2.05) is 4.90 Å². The first-order valence-electron chi connectivity index (χ1n) is 5.89. The lowest BCUT2D eigenvalue weighted by Gasteiger charge is -2.23. The van der Waals surface area contributed by atoms with E-state index < -0.39 is 0 Å². The molecule has 1 rings (SSSR count). The zero-order valence-corrected chi connectivity index (χ0v) is 10.2. The van der Waals surface area contributed by atoms with Crippen LogP contribution in [0.4, 0.5) is 0 Å². The molecule has 1 saturated heterocycles. The molecule has 1 amide bonds. The van der Waals surface area contributed by atoms with E-state index in [-0.39, 0.29) is 12.1 Å². The predicted octanol–water partition coefficient (Wildman–Crippen LogP) is 0.207. The molecule has 1 atom stereocenters. The van der Waals surface area contributed by atoms with Crippen LogP contribution in [-0.2, 0) is 14.3 Å². The van der Waals surface area contributed by atoms with Gasteiger partial charge in [-0.15, -0.1) is 0 Å². The molecular weight excluding hydrogens is 208 g/mol. The minimum atomic E-state index is 0.175. The van der Waals surface area contributed by atoms with Crippen LogP contribution in [0.25, 0.3) is 0 Å². The first kappa shape index (κ1) is 13.4. The fourth-order valence-corrected chi connectivity index (χ4v) is 1.81. The molecule has 1 heterocycles. The predicted molar refractivity (Wildman–Crippen MR) is 61.1 cm³/mol. The zero-order valence-electron chi connectivity index (χ0n) is 10.2. The molecule has 1 aliphatic heterocycles. The van der Waals surface area contributed by atoms with Crippen molar-refractivity contribution in [3.8, 4) is 0 Å². The second-order valence-electron chi connectivity index (χ2n) is 3.88. The maximum atomic E-state index is 11.6. The van der Waals surface area contributed by atoms with Crippen molar-refractivity contribution in [1.82, 2.24) is 10.2 Å². The summed E-state index contributed by atoms with van der Waals surface area (Å²) in [7, 11) is 1.65. The number of carbonyl (C=O) groups is 1. The first-order chi connectivity index (χ1) is 7.79.